The largest absolute Gasteiger partial charge is 0.326 e. The molecular formula is C21H27N3O2. The maximum absolute atomic E-state index is 12.7. The van der Waals surface area contributed by atoms with Crippen LogP contribution in [0.5, 0.6) is 0 Å². The minimum atomic E-state index is -0.638. The molecule has 0 aromatic heterocycles. The number of amides is 3. The van der Waals surface area contributed by atoms with E-state index in [4.69, 9.17) is 0 Å². The van der Waals surface area contributed by atoms with Crippen molar-refractivity contribution in [1.29, 1.82) is 0 Å². The Morgan fingerprint density at radius 1 is 0.808 bits per heavy atom. The van der Waals surface area contributed by atoms with Crippen molar-refractivity contribution in [3.05, 3.63) is 60.2 Å². The summed E-state index contributed by atoms with van der Waals surface area (Å²) in [5, 5.41) is 8.41. The van der Waals surface area contributed by atoms with Crippen molar-refractivity contribution in [2.45, 2.75) is 39.7 Å². The number of benzene rings is 2. The van der Waals surface area contributed by atoms with Gasteiger partial charge in [0.25, 0.3) is 0 Å². The SMILES string of the molecule is CC(C)c1cccc(NC(=O)[C@H](NC(=O)Nc2ccccc2)C(C)C)c1. The number of nitrogens with one attached hydrogen (secondary N) is 3. The van der Waals surface area contributed by atoms with Gasteiger partial charge >= 0.3 is 6.03 Å². The van der Waals surface area contributed by atoms with Crippen molar-refractivity contribution in [2.75, 3.05) is 10.6 Å². The molecule has 0 aliphatic carbocycles. The first kappa shape index (κ1) is 19.5. The normalized spacial score (nSPS) is 11.9. The molecule has 0 saturated heterocycles. The second-order valence-corrected chi connectivity index (χ2v) is 6.96. The number of rotatable bonds is 6. The summed E-state index contributed by atoms with van der Waals surface area (Å²) in [5.41, 5.74) is 2.56. The molecule has 5 heteroatoms. The second-order valence-electron chi connectivity index (χ2n) is 6.96. The highest BCUT2D eigenvalue weighted by molar-refractivity contribution is 5.99. The molecule has 2 rings (SSSR count). The van der Waals surface area contributed by atoms with Crippen LogP contribution in [0.15, 0.2) is 54.6 Å². The molecular weight excluding hydrogens is 326 g/mol. The number of carbonyl (C=O) groups is 2. The predicted molar refractivity (Wildman–Crippen MR) is 106 cm³/mol. The first-order chi connectivity index (χ1) is 12.4. The summed E-state index contributed by atoms with van der Waals surface area (Å²) in [6, 6.07) is 15.9. The van der Waals surface area contributed by atoms with Gasteiger partial charge in [0.15, 0.2) is 0 Å². The number of hydrogen-bond acceptors (Lipinski definition) is 2. The third kappa shape index (κ3) is 5.62. The highest BCUT2D eigenvalue weighted by atomic mass is 16.2. The maximum Gasteiger partial charge on any atom is 0.319 e. The smallest absolute Gasteiger partial charge is 0.319 e. The lowest BCUT2D eigenvalue weighted by Crippen LogP contribution is -2.48. The quantitative estimate of drug-likeness (QED) is 0.710. The first-order valence-corrected chi connectivity index (χ1v) is 8.90. The van der Waals surface area contributed by atoms with E-state index < -0.39 is 12.1 Å². The van der Waals surface area contributed by atoms with Gasteiger partial charge in [-0.3, -0.25) is 4.79 Å². The topological polar surface area (TPSA) is 70.2 Å². The first-order valence-electron chi connectivity index (χ1n) is 8.90. The van der Waals surface area contributed by atoms with Crippen LogP contribution < -0.4 is 16.0 Å². The van der Waals surface area contributed by atoms with Crippen molar-refractivity contribution in [2.24, 2.45) is 5.92 Å². The Morgan fingerprint density at radius 3 is 2.08 bits per heavy atom. The molecule has 0 heterocycles. The van der Waals surface area contributed by atoms with Gasteiger partial charge in [-0.2, -0.15) is 0 Å². The molecule has 138 valence electrons. The molecule has 0 saturated carbocycles. The number of anilines is 2. The fourth-order valence-electron chi connectivity index (χ4n) is 2.56. The third-order valence-electron chi connectivity index (χ3n) is 4.09. The molecule has 0 fully saturated rings. The van der Waals surface area contributed by atoms with Gasteiger partial charge in [-0.15, -0.1) is 0 Å². The molecule has 2 aromatic carbocycles. The predicted octanol–water partition coefficient (Wildman–Crippen LogP) is 4.59. The van der Waals surface area contributed by atoms with Crippen molar-refractivity contribution in [1.82, 2.24) is 5.32 Å². The molecule has 0 unspecified atom stereocenters. The number of para-hydroxylation sites is 1. The van der Waals surface area contributed by atoms with Crippen LogP contribution in [-0.4, -0.2) is 18.0 Å². The van der Waals surface area contributed by atoms with E-state index in [0.29, 0.717) is 11.6 Å². The number of hydrogen-bond donors (Lipinski definition) is 3. The van der Waals surface area contributed by atoms with Crippen LogP contribution in [0.25, 0.3) is 0 Å². The van der Waals surface area contributed by atoms with E-state index in [1.165, 1.54) is 0 Å². The Morgan fingerprint density at radius 2 is 1.46 bits per heavy atom. The van der Waals surface area contributed by atoms with Crippen molar-refractivity contribution in [3.63, 3.8) is 0 Å². The summed E-state index contributed by atoms with van der Waals surface area (Å²) in [7, 11) is 0. The van der Waals surface area contributed by atoms with Crippen LogP contribution in [0.4, 0.5) is 16.2 Å². The van der Waals surface area contributed by atoms with Crippen LogP contribution in [-0.2, 0) is 4.79 Å². The highest BCUT2D eigenvalue weighted by Crippen LogP contribution is 2.19. The fraction of sp³-hybridized carbons (Fsp3) is 0.333. The minimum absolute atomic E-state index is 0.0511. The van der Waals surface area contributed by atoms with Gasteiger partial charge in [-0.05, 0) is 41.7 Å². The molecule has 0 bridgehead atoms. The van der Waals surface area contributed by atoms with Gasteiger partial charge in [-0.1, -0.05) is 58.0 Å². The van der Waals surface area contributed by atoms with Crippen molar-refractivity contribution in [3.8, 4) is 0 Å². The van der Waals surface area contributed by atoms with Gasteiger partial charge in [0.05, 0.1) is 0 Å². The van der Waals surface area contributed by atoms with Crippen LogP contribution in [0.1, 0.15) is 39.2 Å². The standard InChI is InChI=1S/C21H27N3O2/c1-14(2)16-9-8-12-18(13-16)22-20(25)19(15(3)4)24-21(26)23-17-10-6-5-7-11-17/h5-15,19H,1-4H3,(H,22,25)(H2,23,24,26)/t19-/m1/s1. The molecule has 0 spiro atoms. The molecule has 0 radical (unpaired) electrons. The van der Waals surface area contributed by atoms with E-state index >= 15 is 0 Å². The third-order valence-corrected chi connectivity index (χ3v) is 4.09. The lowest BCUT2D eigenvalue weighted by Gasteiger charge is -2.22. The van der Waals surface area contributed by atoms with E-state index in [0.717, 1.165) is 11.3 Å². The van der Waals surface area contributed by atoms with Gasteiger partial charge < -0.3 is 16.0 Å². The Labute approximate surface area is 155 Å². The minimum Gasteiger partial charge on any atom is -0.326 e. The molecule has 3 N–H and O–H groups in total. The second kappa shape index (κ2) is 9.04. The fourth-order valence-corrected chi connectivity index (χ4v) is 2.56. The van der Waals surface area contributed by atoms with Crippen LogP contribution in [0, 0.1) is 5.92 Å². The summed E-state index contributed by atoms with van der Waals surface area (Å²) < 4.78 is 0. The van der Waals surface area contributed by atoms with Gasteiger partial charge in [-0.25, -0.2) is 4.79 Å². The molecule has 26 heavy (non-hydrogen) atoms. The average Bonchev–Trinajstić information content (AvgIpc) is 2.60. The molecule has 0 aliphatic rings. The van der Waals surface area contributed by atoms with Crippen molar-refractivity contribution < 1.29 is 9.59 Å². The zero-order chi connectivity index (χ0) is 19.1. The van der Waals surface area contributed by atoms with Gasteiger partial charge in [0, 0.05) is 11.4 Å². The Bertz CT molecular complexity index is 742. The maximum atomic E-state index is 12.7. The van der Waals surface area contributed by atoms with E-state index in [2.05, 4.69) is 29.8 Å². The lowest BCUT2D eigenvalue weighted by molar-refractivity contribution is -0.118. The van der Waals surface area contributed by atoms with E-state index in [1.54, 1.807) is 12.1 Å². The Balaban J connectivity index is 2.03. The zero-order valence-corrected chi connectivity index (χ0v) is 15.7. The van der Waals surface area contributed by atoms with Crippen LogP contribution >= 0.6 is 0 Å². The summed E-state index contributed by atoms with van der Waals surface area (Å²) >= 11 is 0. The highest BCUT2D eigenvalue weighted by Gasteiger charge is 2.24. The van der Waals surface area contributed by atoms with Gasteiger partial charge in [0.1, 0.15) is 6.04 Å². The summed E-state index contributed by atoms with van der Waals surface area (Å²) in [4.78, 5) is 24.9. The molecule has 5 nitrogen and oxygen atoms in total. The molecule has 3 amide bonds. The van der Waals surface area contributed by atoms with Crippen LogP contribution in [0.2, 0.25) is 0 Å². The summed E-state index contributed by atoms with van der Waals surface area (Å²) in [6.45, 7) is 8.01. The molecule has 0 aliphatic heterocycles. The number of carbonyl (C=O) groups excluding carboxylic acids is 2. The monoisotopic (exact) mass is 353 g/mol. The molecule has 2 aromatic rings. The van der Waals surface area contributed by atoms with E-state index in [1.807, 2.05) is 56.3 Å². The van der Waals surface area contributed by atoms with Crippen LogP contribution in [0.3, 0.4) is 0 Å². The Kier molecular flexibility index (Phi) is 6.78. The Hall–Kier alpha value is -2.82. The van der Waals surface area contributed by atoms with Gasteiger partial charge in [0.2, 0.25) is 5.91 Å². The zero-order valence-electron chi connectivity index (χ0n) is 15.7. The summed E-state index contributed by atoms with van der Waals surface area (Å²) in [6.07, 6.45) is 0. The van der Waals surface area contributed by atoms with E-state index in [-0.39, 0.29) is 11.8 Å². The van der Waals surface area contributed by atoms with Crippen molar-refractivity contribution >= 4 is 23.3 Å². The summed E-state index contributed by atoms with van der Waals surface area (Å²) in [5.74, 6) is 0.0939. The lowest BCUT2D eigenvalue weighted by atomic mass is 10.0. The molecule has 1 atom stereocenters. The number of urea groups is 1. The van der Waals surface area contributed by atoms with E-state index in [9.17, 15) is 9.59 Å². The average molecular weight is 353 g/mol.